The highest BCUT2D eigenvalue weighted by Gasteiger charge is 2.20. The van der Waals surface area contributed by atoms with Crippen molar-refractivity contribution in [3.63, 3.8) is 0 Å². The Balaban J connectivity index is 2.04. The fourth-order valence-electron chi connectivity index (χ4n) is 2.50. The maximum absolute atomic E-state index is 13.7. The van der Waals surface area contributed by atoms with Crippen molar-refractivity contribution in [3.8, 4) is 0 Å². The molecular weight excluding hydrogens is 215 g/mol. The largest absolute Gasteiger partial charge is 0.380 e. The Kier molecular flexibility index (Phi) is 4.00. The molecule has 0 aromatic heterocycles. The van der Waals surface area contributed by atoms with Crippen LogP contribution in [0.4, 0.5) is 10.1 Å². The SMILES string of the molecule is Cc1cccc(F)c1NC(C)C1CCNCC1. The Hall–Kier alpha value is -1.09. The second-order valence-electron chi connectivity index (χ2n) is 4.95. The molecule has 0 amide bonds. The minimum Gasteiger partial charge on any atom is -0.380 e. The topological polar surface area (TPSA) is 24.1 Å². The molecule has 0 bridgehead atoms. The predicted octanol–water partition coefficient (Wildman–Crippen LogP) is 2.93. The normalized spacial score (nSPS) is 19.0. The highest BCUT2D eigenvalue weighted by Crippen LogP contribution is 2.24. The van der Waals surface area contributed by atoms with Gasteiger partial charge in [-0.15, -0.1) is 0 Å². The van der Waals surface area contributed by atoms with Crippen LogP contribution in [0.3, 0.4) is 0 Å². The summed E-state index contributed by atoms with van der Waals surface area (Å²) in [6, 6.07) is 5.54. The van der Waals surface area contributed by atoms with Crippen LogP contribution in [0.15, 0.2) is 18.2 Å². The van der Waals surface area contributed by atoms with E-state index < -0.39 is 0 Å². The summed E-state index contributed by atoms with van der Waals surface area (Å²) in [6.45, 7) is 6.25. The first-order valence-electron chi connectivity index (χ1n) is 6.41. The molecule has 1 aliphatic rings. The lowest BCUT2D eigenvalue weighted by atomic mass is 9.91. The summed E-state index contributed by atoms with van der Waals surface area (Å²) >= 11 is 0. The quantitative estimate of drug-likeness (QED) is 0.843. The molecule has 0 saturated carbocycles. The van der Waals surface area contributed by atoms with Gasteiger partial charge in [-0.2, -0.15) is 0 Å². The molecule has 94 valence electrons. The van der Waals surface area contributed by atoms with Crippen LogP contribution in [-0.4, -0.2) is 19.1 Å². The summed E-state index contributed by atoms with van der Waals surface area (Å²) < 4.78 is 13.7. The summed E-state index contributed by atoms with van der Waals surface area (Å²) in [4.78, 5) is 0. The molecule has 1 atom stereocenters. The van der Waals surface area contributed by atoms with Gasteiger partial charge in [0.15, 0.2) is 0 Å². The Bertz CT molecular complexity index is 352. The molecule has 0 radical (unpaired) electrons. The van der Waals surface area contributed by atoms with Gasteiger partial charge in [-0.3, -0.25) is 0 Å². The van der Waals surface area contributed by atoms with Crippen LogP contribution in [0.1, 0.15) is 25.3 Å². The van der Waals surface area contributed by atoms with Gasteiger partial charge in [0.2, 0.25) is 0 Å². The number of para-hydroxylation sites is 1. The van der Waals surface area contributed by atoms with Gasteiger partial charge >= 0.3 is 0 Å². The van der Waals surface area contributed by atoms with Gasteiger partial charge in [0.25, 0.3) is 0 Å². The first-order chi connectivity index (χ1) is 8.18. The fraction of sp³-hybridized carbons (Fsp3) is 0.571. The van der Waals surface area contributed by atoms with E-state index in [4.69, 9.17) is 0 Å². The summed E-state index contributed by atoms with van der Waals surface area (Å²) in [5, 5.41) is 6.70. The molecule has 0 aliphatic carbocycles. The van der Waals surface area contributed by atoms with Crippen molar-refractivity contribution in [1.29, 1.82) is 0 Å². The van der Waals surface area contributed by atoms with Crippen LogP contribution in [0.25, 0.3) is 0 Å². The fourth-order valence-corrected chi connectivity index (χ4v) is 2.50. The number of halogens is 1. The number of piperidine rings is 1. The highest BCUT2D eigenvalue weighted by molar-refractivity contribution is 5.52. The number of rotatable bonds is 3. The first-order valence-corrected chi connectivity index (χ1v) is 6.41. The van der Waals surface area contributed by atoms with Crippen LogP contribution in [0.2, 0.25) is 0 Å². The van der Waals surface area contributed by atoms with Crippen molar-refractivity contribution in [2.45, 2.75) is 32.7 Å². The molecule has 0 spiro atoms. The maximum atomic E-state index is 13.7. The number of benzene rings is 1. The average molecular weight is 236 g/mol. The van der Waals surface area contributed by atoms with Crippen LogP contribution >= 0.6 is 0 Å². The Morgan fingerprint density at radius 1 is 1.35 bits per heavy atom. The van der Waals surface area contributed by atoms with Crippen molar-refractivity contribution >= 4 is 5.69 Å². The molecule has 1 heterocycles. The molecule has 2 nitrogen and oxygen atoms in total. The van der Waals surface area contributed by atoms with E-state index in [2.05, 4.69) is 17.6 Å². The summed E-state index contributed by atoms with van der Waals surface area (Å²) in [6.07, 6.45) is 2.34. The van der Waals surface area contributed by atoms with Crippen molar-refractivity contribution in [2.75, 3.05) is 18.4 Å². The third-order valence-electron chi connectivity index (χ3n) is 3.68. The molecule has 2 rings (SSSR count). The lowest BCUT2D eigenvalue weighted by molar-refractivity contribution is 0.342. The maximum Gasteiger partial charge on any atom is 0.146 e. The molecule has 1 aliphatic heterocycles. The summed E-state index contributed by atoms with van der Waals surface area (Å²) in [5.74, 6) is 0.487. The van der Waals surface area contributed by atoms with Crippen LogP contribution in [0.5, 0.6) is 0 Å². The van der Waals surface area contributed by atoms with Crippen molar-refractivity contribution < 1.29 is 4.39 Å². The van der Waals surface area contributed by atoms with Gasteiger partial charge < -0.3 is 10.6 Å². The molecule has 1 aromatic carbocycles. The Morgan fingerprint density at radius 2 is 2.06 bits per heavy atom. The van der Waals surface area contributed by atoms with E-state index >= 15 is 0 Å². The number of nitrogens with one attached hydrogen (secondary N) is 2. The van der Waals surface area contributed by atoms with E-state index in [9.17, 15) is 4.39 Å². The lowest BCUT2D eigenvalue weighted by Gasteiger charge is -2.30. The number of anilines is 1. The Labute approximate surface area is 103 Å². The zero-order valence-corrected chi connectivity index (χ0v) is 10.6. The number of aryl methyl sites for hydroxylation is 1. The van der Waals surface area contributed by atoms with Gasteiger partial charge in [0.05, 0.1) is 5.69 Å². The van der Waals surface area contributed by atoms with Crippen LogP contribution in [0, 0.1) is 18.7 Å². The monoisotopic (exact) mass is 236 g/mol. The third-order valence-corrected chi connectivity index (χ3v) is 3.68. The van der Waals surface area contributed by atoms with E-state index in [-0.39, 0.29) is 5.82 Å². The average Bonchev–Trinajstić information content (AvgIpc) is 2.35. The van der Waals surface area contributed by atoms with E-state index in [1.54, 1.807) is 6.07 Å². The van der Waals surface area contributed by atoms with Crippen molar-refractivity contribution in [1.82, 2.24) is 5.32 Å². The van der Waals surface area contributed by atoms with Gasteiger partial charge in [-0.05, 0) is 57.3 Å². The van der Waals surface area contributed by atoms with E-state index in [0.29, 0.717) is 17.6 Å². The standard InChI is InChI=1S/C14H21FN2/c1-10-4-3-5-13(15)14(10)17-11(2)12-6-8-16-9-7-12/h3-5,11-12,16-17H,6-9H2,1-2H3. The van der Waals surface area contributed by atoms with E-state index in [1.165, 1.54) is 18.9 Å². The second-order valence-corrected chi connectivity index (χ2v) is 4.95. The summed E-state index contributed by atoms with van der Waals surface area (Å²) in [5.41, 5.74) is 1.64. The minimum absolute atomic E-state index is 0.147. The third kappa shape index (κ3) is 2.97. The van der Waals surface area contributed by atoms with E-state index in [0.717, 1.165) is 18.7 Å². The van der Waals surface area contributed by atoms with Gasteiger partial charge in [0, 0.05) is 6.04 Å². The molecule has 17 heavy (non-hydrogen) atoms. The molecular formula is C14H21FN2. The minimum atomic E-state index is -0.147. The molecule has 1 aromatic rings. The van der Waals surface area contributed by atoms with Crippen LogP contribution in [-0.2, 0) is 0 Å². The second kappa shape index (κ2) is 5.50. The number of hydrogen-bond donors (Lipinski definition) is 2. The van der Waals surface area contributed by atoms with Crippen LogP contribution < -0.4 is 10.6 Å². The van der Waals surface area contributed by atoms with E-state index in [1.807, 2.05) is 13.0 Å². The van der Waals surface area contributed by atoms with Gasteiger partial charge in [-0.1, -0.05) is 12.1 Å². The lowest BCUT2D eigenvalue weighted by Crippen LogP contribution is -2.36. The molecule has 1 fully saturated rings. The molecule has 3 heteroatoms. The van der Waals surface area contributed by atoms with Crippen molar-refractivity contribution in [3.05, 3.63) is 29.6 Å². The van der Waals surface area contributed by atoms with Gasteiger partial charge in [-0.25, -0.2) is 4.39 Å². The Morgan fingerprint density at radius 3 is 2.71 bits per heavy atom. The number of hydrogen-bond acceptors (Lipinski definition) is 2. The molecule has 1 unspecified atom stereocenters. The van der Waals surface area contributed by atoms with Gasteiger partial charge in [0.1, 0.15) is 5.82 Å². The molecule has 1 saturated heterocycles. The van der Waals surface area contributed by atoms with Crippen molar-refractivity contribution in [2.24, 2.45) is 5.92 Å². The predicted molar refractivity (Wildman–Crippen MR) is 69.8 cm³/mol. The highest BCUT2D eigenvalue weighted by atomic mass is 19.1. The smallest absolute Gasteiger partial charge is 0.146 e. The zero-order valence-electron chi connectivity index (χ0n) is 10.6. The molecule has 2 N–H and O–H groups in total. The summed E-state index contributed by atoms with van der Waals surface area (Å²) in [7, 11) is 0. The zero-order chi connectivity index (χ0) is 12.3. The first kappa shape index (κ1) is 12.4.